The van der Waals surface area contributed by atoms with Gasteiger partial charge in [-0.1, -0.05) is 39.4 Å². The van der Waals surface area contributed by atoms with E-state index < -0.39 is 5.41 Å². The zero-order valence-electron chi connectivity index (χ0n) is 9.93. The van der Waals surface area contributed by atoms with Crippen molar-refractivity contribution in [2.75, 3.05) is 6.54 Å². The maximum atomic E-state index is 12.0. The zero-order chi connectivity index (χ0) is 11.9. The Morgan fingerprint density at radius 2 is 1.87 bits per heavy atom. The summed E-state index contributed by atoms with van der Waals surface area (Å²) in [6.07, 6.45) is 3.39. The average Bonchev–Trinajstić information content (AvgIpc) is 2.20. The summed E-state index contributed by atoms with van der Waals surface area (Å²) in [5.41, 5.74) is 5.02. The van der Waals surface area contributed by atoms with Gasteiger partial charge in [0.1, 0.15) is 0 Å². The second kappa shape index (κ2) is 6.77. The highest BCUT2D eigenvalue weighted by Gasteiger charge is 2.37. The number of nitrogens with two attached hydrogens (primary N) is 1. The third-order valence-electron chi connectivity index (χ3n) is 2.93. The van der Waals surface area contributed by atoms with Crippen molar-refractivity contribution in [3.8, 4) is 0 Å². The molecule has 0 heterocycles. The maximum Gasteiger partial charge on any atom is 0.233 e. The van der Waals surface area contributed by atoms with Crippen molar-refractivity contribution in [3.05, 3.63) is 0 Å². The number of hydrogen-bond acceptors (Lipinski definition) is 2. The van der Waals surface area contributed by atoms with Crippen LogP contribution in [0.15, 0.2) is 0 Å². The molecule has 0 saturated carbocycles. The standard InChI is InChI=1S/C11H22N2OS/c1-4-7-8-13-10(14)11(5-2,6-3)9(12)15/h4-8H2,1-3H3,(H2,12,15)(H,13,14). The second-order valence-corrected chi connectivity index (χ2v) is 4.20. The van der Waals surface area contributed by atoms with Crippen molar-refractivity contribution in [1.82, 2.24) is 5.32 Å². The Hall–Kier alpha value is -0.640. The molecule has 0 fully saturated rings. The normalized spacial score (nSPS) is 11.1. The largest absolute Gasteiger partial charge is 0.392 e. The number of rotatable bonds is 7. The lowest BCUT2D eigenvalue weighted by Gasteiger charge is -2.28. The minimum atomic E-state index is -0.650. The van der Waals surface area contributed by atoms with Crippen LogP contribution in [0.4, 0.5) is 0 Å². The minimum Gasteiger partial charge on any atom is -0.392 e. The molecular weight excluding hydrogens is 208 g/mol. The Morgan fingerprint density at radius 3 is 2.20 bits per heavy atom. The highest BCUT2D eigenvalue weighted by Crippen LogP contribution is 2.27. The van der Waals surface area contributed by atoms with E-state index in [4.69, 9.17) is 18.0 Å². The predicted octanol–water partition coefficient (Wildman–Crippen LogP) is 2.00. The number of hydrogen-bond donors (Lipinski definition) is 2. The second-order valence-electron chi connectivity index (χ2n) is 3.76. The third-order valence-corrected chi connectivity index (χ3v) is 3.32. The molecule has 15 heavy (non-hydrogen) atoms. The van der Waals surface area contributed by atoms with E-state index in [1.165, 1.54) is 0 Å². The Balaban J connectivity index is 4.49. The van der Waals surface area contributed by atoms with Gasteiger partial charge in [0, 0.05) is 6.54 Å². The highest BCUT2D eigenvalue weighted by atomic mass is 32.1. The van der Waals surface area contributed by atoms with Gasteiger partial charge < -0.3 is 11.1 Å². The Bertz CT molecular complexity index is 225. The van der Waals surface area contributed by atoms with Gasteiger partial charge in [-0.3, -0.25) is 4.79 Å². The highest BCUT2D eigenvalue weighted by molar-refractivity contribution is 7.80. The molecule has 0 aromatic heterocycles. The molecule has 0 radical (unpaired) electrons. The topological polar surface area (TPSA) is 55.1 Å². The Kier molecular flexibility index (Phi) is 6.48. The first kappa shape index (κ1) is 14.4. The Labute approximate surface area is 97.8 Å². The monoisotopic (exact) mass is 230 g/mol. The number of nitrogens with one attached hydrogen (secondary N) is 1. The number of unbranched alkanes of at least 4 members (excludes halogenated alkanes) is 1. The number of carbonyl (C=O) groups excluding carboxylic acids is 1. The van der Waals surface area contributed by atoms with Gasteiger partial charge in [-0.25, -0.2) is 0 Å². The first-order valence-corrected chi connectivity index (χ1v) is 6.04. The van der Waals surface area contributed by atoms with Crippen molar-refractivity contribution in [3.63, 3.8) is 0 Å². The van der Waals surface area contributed by atoms with Crippen LogP contribution in [0, 0.1) is 5.41 Å². The molecular formula is C11H22N2OS. The quantitative estimate of drug-likeness (QED) is 0.519. The van der Waals surface area contributed by atoms with Crippen molar-refractivity contribution in [1.29, 1.82) is 0 Å². The fourth-order valence-electron chi connectivity index (χ4n) is 1.58. The van der Waals surface area contributed by atoms with E-state index in [2.05, 4.69) is 12.2 Å². The van der Waals surface area contributed by atoms with Gasteiger partial charge in [0.25, 0.3) is 0 Å². The summed E-state index contributed by atoms with van der Waals surface area (Å²) in [4.78, 5) is 12.3. The lowest BCUT2D eigenvalue weighted by atomic mass is 9.81. The van der Waals surface area contributed by atoms with Gasteiger partial charge in [0.05, 0.1) is 10.4 Å². The summed E-state index contributed by atoms with van der Waals surface area (Å²) in [5, 5.41) is 2.90. The van der Waals surface area contributed by atoms with Gasteiger partial charge in [0.2, 0.25) is 5.91 Å². The van der Waals surface area contributed by atoms with Crippen LogP contribution >= 0.6 is 12.2 Å². The first-order valence-electron chi connectivity index (χ1n) is 5.63. The first-order chi connectivity index (χ1) is 7.05. The van der Waals surface area contributed by atoms with E-state index in [9.17, 15) is 4.79 Å². The van der Waals surface area contributed by atoms with Crippen LogP contribution in [-0.2, 0) is 4.79 Å². The number of carbonyl (C=O) groups is 1. The van der Waals surface area contributed by atoms with E-state index in [0.29, 0.717) is 24.4 Å². The lowest BCUT2D eigenvalue weighted by molar-refractivity contribution is -0.127. The van der Waals surface area contributed by atoms with E-state index in [1.807, 2.05) is 13.8 Å². The van der Waals surface area contributed by atoms with E-state index in [1.54, 1.807) is 0 Å². The van der Waals surface area contributed by atoms with Crippen LogP contribution in [0.5, 0.6) is 0 Å². The van der Waals surface area contributed by atoms with Crippen LogP contribution in [-0.4, -0.2) is 17.4 Å². The van der Waals surface area contributed by atoms with Crippen LogP contribution < -0.4 is 11.1 Å². The summed E-state index contributed by atoms with van der Waals surface area (Å²) in [6.45, 7) is 6.69. The molecule has 0 rings (SSSR count). The smallest absolute Gasteiger partial charge is 0.233 e. The molecule has 0 aliphatic rings. The molecule has 3 N–H and O–H groups in total. The molecule has 0 spiro atoms. The van der Waals surface area contributed by atoms with Crippen molar-refractivity contribution in [2.24, 2.45) is 11.1 Å². The van der Waals surface area contributed by atoms with Gasteiger partial charge in [-0.05, 0) is 19.3 Å². The fourth-order valence-corrected chi connectivity index (χ4v) is 1.96. The molecule has 0 aliphatic heterocycles. The number of amides is 1. The summed E-state index contributed by atoms with van der Waals surface area (Å²) in [5.74, 6) is -0.0200. The van der Waals surface area contributed by atoms with Crippen molar-refractivity contribution >= 4 is 23.1 Å². The molecule has 3 nitrogen and oxygen atoms in total. The van der Waals surface area contributed by atoms with Crippen LogP contribution in [0.3, 0.4) is 0 Å². The van der Waals surface area contributed by atoms with Crippen molar-refractivity contribution in [2.45, 2.75) is 46.5 Å². The molecule has 0 atom stereocenters. The molecule has 0 aromatic carbocycles. The van der Waals surface area contributed by atoms with E-state index in [0.717, 1.165) is 12.8 Å². The lowest BCUT2D eigenvalue weighted by Crippen LogP contribution is -2.48. The molecule has 0 aromatic rings. The molecule has 88 valence electrons. The van der Waals surface area contributed by atoms with Crippen LogP contribution in [0.1, 0.15) is 46.5 Å². The molecule has 0 bridgehead atoms. The molecule has 1 amide bonds. The molecule has 0 aliphatic carbocycles. The van der Waals surface area contributed by atoms with Gasteiger partial charge >= 0.3 is 0 Å². The van der Waals surface area contributed by atoms with Crippen LogP contribution in [0.25, 0.3) is 0 Å². The SMILES string of the molecule is CCCCNC(=O)C(CC)(CC)C(N)=S. The summed E-state index contributed by atoms with van der Waals surface area (Å²) >= 11 is 5.00. The summed E-state index contributed by atoms with van der Waals surface area (Å²) < 4.78 is 0. The zero-order valence-corrected chi connectivity index (χ0v) is 10.7. The summed E-state index contributed by atoms with van der Waals surface area (Å²) in [7, 11) is 0. The minimum absolute atomic E-state index is 0.0200. The predicted molar refractivity (Wildman–Crippen MR) is 67.7 cm³/mol. The van der Waals surface area contributed by atoms with Gasteiger partial charge in [-0.2, -0.15) is 0 Å². The van der Waals surface area contributed by atoms with Gasteiger partial charge in [0.15, 0.2) is 0 Å². The maximum absolute atomic E-state index is 12.0. The average molecular weight is 230 g/mol. The number of thiocarbonyl (C=S) groups is 1. The molecule has 0 unspecified atom stereocenters. The Morgan fingerprint density at radius 1 is 1.33 bits per heavy atom. The van der Waals surface area contributed by atoms with E-state index >= 15 is 0 Å². The van der Waals surface area contributed by atoms with Crippen molar-refractivity contribution < 1.29 is 4.79 Å². The molecule has 4 heteroatoms. The summed E-state index contributed by atoms with van der Waals surface area (Å²) in [6, 6.07) is 0. The third kappa shape index (κ3) is 3.45. The molecule has 0 saturated heterocycles. The van der Waals surface area contributed by atoms with Crippen LogP contribution in [0.2, 0.25) is 0 Å². The van der Waals surface area contributed by atoms with E-state index in [-0.39, 0.29) is 5.91 Å². The fraction of sp³-hybridized carbons (Fsp3) is 0.818. The van der Waals surface area contributed by atoms with Gasteiger partial charge in [-0.15, -0.1) is 0 Å².